The van der Waals surface area contributed by atoms with Crippen LogP contribution in [0.25, 0.3) is 0 Å². The smallest absolute Gasteiger partial charge is 0.208 e. The minimum absolute atomic E-state index is 0.111. The average Bonchev–Trinajstić information content (AvgIpc) is 2.37. The Bertz CT molecular complexity index is 487. The second kappa shape index (κ2) is 5.50. The summed E-state index contributed by atoms with van der Waals surface area (Å²) in [6.07, 6.45) is 7.55. The van der Waals surface area contributed by atoms with Gasteiger partial charge in [0, 0.05) is 19.1 Å². The van der Waals surface area contributed by atoms with E-state index in [0.717, 1.165) is 43.7 Å². The van der Waals surface area contributed by atoms with E-state index < -0.39 is 10.0 Å². The van der Waals surface area contributed by atoms with Gasteiger partial charge in [-0.15, -0.1) is 0 Å². The van der Waals surface area contributed by atoms with Crippen molar-refractivity contribution in [1.29, 1.82) is 0 Å². The van der Waals surface area contributed by atoms with E-state index in [1.807, 2.05) is 0 Å². The molecule has 0 amide bonds. The van der Waals surface area contributed by atoms with Gasteiger partial charge in [-0.05, 0) is 61.8 Å². The molecule has 3 aliphatic carbocycles. The van der Waals surface area contributed by atoms with Gasteiger partial charge in [0.15, 0.2) is 0 Å². The van der Waals surface area contributed by atoms with Gasteiger partial charge in [0.05, 0.1) is 6.26 Å². The zero-order chi connectivity index (χ0) is 15.3. The number of piperidine rings is 1. The summed E-state index contributed by atoms with van der Waals surface area (Å²) in [6.45, 7) is 8.09. The molecule has 4 aliphatic rings. The predicted molar refractivity (Wildman–Crippen MR) is 85.5 cm³/mol. The van der Waals surface area contributed by atoms with Crippen molar-refractivity contribution in [2.24, 2.45) is 23.2 Å². The van der Waals surface area contributed by atoms with Crippen LogP contribution in [-0.2, 0) is 10.0 Å². The molecule has 1 unspecified atom stereocenters. The molecule has 0 aromatic heterocycles. The Morgan fingerprint density at radius 2 is 2.00 bits per heavy atom. The van der Waals surface area contributed by atoms with Gasteiger partial charge in [-0.1, -0.05) is 13.8 Å². The number of hydrogen-bond acceptors (Lipinski definition) is 3. The lowest BCUT2D eigenvalue weighted by molar-refractivity contribution is -0.112. The third kappa shape index (κ3) is 3.30. The maximum absolute atomic E-state index is 11.4. The summed E-state index contributed by atoms with van der Waals surface area (Å²) in [5.74, 6) is 2.67. The van der Waals surface area contributed by atoms with Crippen molar-refractivity contribution in [2.75, 3.05) is 25.9 Å². The Hall–Kier alpha value is -0.130. The fourth-order valence-corrected chi connectivity index (χ4v) is 5.93. The van der Waals surface area contributed by atoms with Gasteiger partial charge in [-0.25, -0.2) is 13.1 Å². The number of rotatable bonds is 4. The minimum Gasteiger partial charge on any atom is -0.301 e. The summed E-state index contributed by atoms with van der Waals surface area (Å²) in [6, 6.07) is 0.111. The van der Waals surface area contributed by atoms with E-state index in [2.05, 4.69) is 23.5 Å². The quantitative estimate of drug-likeness (QED) is 0.864. The molecule has 0 aromatic carbocycles. The second-order valence-corrected chi connectivity index (χ2v) is 9.97. The largest absolute Gasteiger partial charge is 0.301 e. The van der Waals surface area contributed by atoms with Crippen molar-refractivity contribution in [3.8, 4) is 0 Å². The first-order chi connectivity index (χ1) is 9.75. The van der Waals surface area contributed by atoms with Crippen molar-refractivity contribution < 1.29 is 8.42 Å². The first-order valence-corrected chi connectivity index (χ1v) is 10.3. The second-order valence-electron chi connectivity index (χ2n) is 8.19. The molecule has 2 bridgehead atoms. The SMILES string of the molecule is CC1(C)[C@H]2CC[C@@H](CN3CCCC(NS(C)(=O)=O)C3)[C@@H]1C2. The lowest BCUT2D eigenvalue weighted by atomic mass is 9.45. The Balaban J connectivity index is 1.55. The van der Waals surface area contributed by atoms with Crippen molar-refractivity contribution in [3.05, 3.63) is 0 Å². The van der Waals surface area contributed by atoms with E-state index in [9.17, 15) is 8.42 Å². The number of likely N-dealkylation sites (tertiary alicyclic amines) is 1. The van der Waals surface area contributed by atoms with E-state index in [4.69, 9.17) is 0 Å². The zero-order valence-corrected chi connectivity index (χ0v) is 14.5. The highest BCUT2D eigenvalue weighted by molar-refractivity contribution is 7.88. The molecular formula is C16H30N2O2S. The van der Waals surface area contributed by atoms with E-state index in [-0.39, 0.29) is 6.04 Å². The van der Waals surface area contributed by atoms with Gasteiger partial charge in [-0.3, -0.25) is 0 Å². The minimum atomic E-state index is -3.08. The number of fused-ring (bicyclic) bond motifs is 2. The van der Waals surface area contributed by atoms with Crippen LogP contribution in [0, 0.1) is 23.2 Å². The number of nitrogens with one attached hydrogen (secondary N) is 1. The number of hydrogen-bond donors (Lipinski definition) is 1. The summed E-state index contributed by atoms with van der Waals surface area (Å²) in [5.41, 5.74) is 0.545. The first kappa shape index (κ1) is 15.8. The van der Waals surface area contributed by atoms with Crippen molar-refractivity contribution in [3.63, 3.8) is 0 Å². The topological polar surface area (TPSA) is 49.4 Å². The van der Waals surface area contributed by atoms with Crippen LogP contribution >= 0.6 is 0 Å². The average molecular weight is 314 g/mol. The standard InChI is InChI=1S/C16H30N2O2S/c1-16(2)13-7-6-12(15(16)9-13)10-18-8-4-5-14(11-18)17-21(3,19)20/h12-15,17H,4-11H2,1-3H3/t12-,13-,14?,15-/m0/s1. The van der Waals surface area contributed by atoms with Crippen LogP contribution in [0.15, 0.2) is 0 Å². The Morgan fingerprint density at radius 1 is 1.24 bits per heavy atom. The molecule has 1 saturated heterocycles. The molecule has 4 rings (SSSR count). The van der Waals surface area contributed by atoms with Crippen LogP contribution in [0.4, 0.5) is 0 Å². The zero-order valence-electron chi connectivity index (χ0n) is 13.6. The first-order valence-electron chi connectivity index (χ1n) is 8.45. The van der Waals surface area contributed by atoms with Crippen LogP contribution in [-0.4, -0.2) is 45.2 Å². The van der Waals surface area contributed by atoms with Gasteiger partial charge >= 0.3 is 0 Å². The van der Waals surface area contributed by atoms with Gasteiger partial charge in [0.2, 0.25) is 10.0 Å². The molecule has 4 nitrogen and oxygen atoms in total. The highest BCUT2D eigenvalue weighted by Gasteiger charge is 2.54. The highest BCUT2D eigenvalue weighted by atomic mass is 32.2. The van der Waals surface area contributed by atoms with E-state index >= 15 is 0 Å². The van der Waals surface area contributed by atoms with Crippen LogP contribution in [0.1, 0.15) is 46.0 Å². The predicted octanol–water partition coefficient (Wildman–Crippen LogP) is 2.07. The summed E-state index contributed by atoms with van der Waals surface area (Å²) in [4.78, 5) is 2.51. The normalized spacial score (nSPS) is 39.8. The highest BCUT2D eigenvalue weighted by Crippen LogP contribution is 2.61. The van der Waals surface area contributed by atoms with Crippen molar-refractivity contribution >= 4 is 10.0 Å². The Morgan fingerprint density at radius 3 is 2.62 bits per heavy atom. The molecule has 0 aromatic rings. The van der Waals surface area contributed by atoms with E-state index in [1.165, 1.54) is 32.1 Å². The van der Waals surface area contributed by atoms with E-state index in [1.54, 1.807) is 0 Å². The third-order valence-electron chi connectivity index (χ3n) is 6.38. The number of sulfonamides is 1. The monoisotopic (exact) mass is 314 g/mol. The molecule has 3 saturated carbocycles. The number of nitrogens with zero attached hydrogens (tertiary/aromatic N) is 1. The molecule has 4 fully saturated rings. The Labute approximate surface area is 129 Å². The van der Waals surface area contributed by atoms with Crippen LogP contribution < -0.4 is 4.72 Å². The lowest BCUT2D eigenvalue weighted by Gasteiger charge is -2.61. The van der Waals surface area contributed by atoms with E-state index in [0.29, 0.717) is 5.41 Å². The molecule has 0 spiro atoms. The van der Waals surface area contributed by atoms with Crippen LogP contribution in [0.2, 0.25) is 0 Å². The molecule has 1 aliphatic heterocycles. The maximum atomic E-state index is 11.4. The molecule has 4 atom stereocenters. The molecule has 21 heavy (non-hydrogen) atoms. The third-order valence-corrected chi connectivity index (χ3v) is 7.14. The molecular weight excluding hydrogens is 284 g/mol. The molecule has 1 N–H and O–H groups in total. The molecule has 1 heterocycles. The summed E-state index contributed by atoms with van der Waals surface area (Å²) in [7, 11) is -3.08. The van der Waals surface area contributed by atoms with Crippen LogP contribution in [0.5, 0.6) is 0 Å². The van der Waals surface area contributed by atoms with Crippen molar-refractivity contribution in [2.45, 2.75) is 52.0 Å². The summed E-state index contributed by atoms with van der Waals surface area (Å²) < 4.78 is 25.6. The Kier molecular flexibility index (Phi) is 4.13. The fraction of sp³-hybridized carbons (Fsp3) is 1.00. The molecule has 5 heteroatoms. The van der Waals surface area contributed by atoms with Gasteiger partial charge in [0.25, 0.3) is 0 Å². The van der Waals surface area contributed by atoms with Crippen LogP contribution in [0.3, 0.4) is 0 Å². The summed E-state index contributed by atoms with van der Waals surface area (Å²) in [5, 5.41) is 0. The fourth-order valence-electron chi connectivity index (χ4n) is 5.13. The van der Waals surface area contributed by atoms with Gasteiger partial charge in [0.1, 0.15) is 0 Å². The lowest BCUT2D eigenvalue weighted by Crippen LogP contribution is -2.56. The summed E-state index contributed by atoms with van der Waals surface area (Å²) >= 11 is 0. The van der Waals surface area contributed by atoms with Crippen molar-refractivity contribution in [1.82, 2.24) is 9.62 Å². The molecule has 122 valence electrons. The van der Waals surface area contributed by atoms with Gasteiger partial charge in [-0.2, -0.15) is 0 Å². The maximum Gasteiger partial charge on any atom is 0.208 e. The van der Waals surface area contributed by atoms with Gasteiger partial charge < -0.3 is 4.90 Å². The molecule has 0 radical (unpaired) electrons.